The molecule has 1 aromatic heterocycles. The first-order valence-corrected chi connectivity index (χ1v) is 15.4. The van der Waals surface area contributed by atoms with Crippen molar-refractivity contribution in [3.05, 3.63) is 72.4 Å². The molecule has 0 atom stereocenters. The lowest BCUT2D eigenvalue weighted by molar-refractivity contribution is -0.687. The smallest absolute Gasteiger partial charge is 0.376 e. The number of unbranched alkanes of at least 4 members (excludes halogenated alkanes) is 15. The SMILES string of the molecule is CCCCCCCCCCCCCCCCCCOc1c2ccccc2cc[n+]1CC(=O)c1ccccc1. The first-order chi connectivity index (χ1) is 18.8. The van der Waals surface area contributed by atoms with Crippen molar-refractivity contribution >= 4 is 16.6 Å². The lowest BCUT2D eigenvalue weighted by Gasteiger charge is -2.09. The Bertz CT molecular complexity index is 1050. The van der Waals surface area contributed by atoms with Crippen LogP contribution in [0.4, 0.5) is 0 Å². The predicted molar refractivity (Wildman–Crippen MR) is 160 cm³/mol. The number of rotatable bonds is 21. The Morgan fingerprint density at radius 2 is 1.16 bits per heavy atom. The highest BCUT2D eigenvalue weighted by molar-refractivity contribution is 5.95. The number of Topliss-reactive ketones (excluding diaryl/α,β-unsaturated/α-hetero) is 1. The molecule has 0 saturated heterocycles. The Kier molecular flexibility index (Phi) is 14.6. The zero-order valence-electron chi connectivity index (χ0n) is 23.8. The number of hydrogen-bond acceptors (Lipinski definition) is 2. The van der Waals surface area contributed by atoms with Crippen LogP contribution in [0.3, 0.4) is 0 Å². The minimum absolute atomic E-state index is 0.0955. The Hall–Kier alpha value is -2.68. The van der Waals surface area contributed by atoms with Gasteiger partial charge in [0.15, 0.2) is 6.20 Å². The lowest BCUT2D eigenvalue weighted by Crippen LogP contribution is -2.39. The summed E-state index contributed by atoms with van der Waals surface area (Å²) in [7, 11) is 0. The van der Waals surface area contributed by atoms with Crippen molar-refractivity contribution in [3.63, 3.8) is 0 Å². The zero-order chi connectivity index (χ0) is 26.7. The Balaban J connectivity index is 1.30. The van der Waals surface area contributed by atoms with Crippen LogP contribution in [0.15, 0.2) is 66.9 Å². The Morgan fingerprint density at radius 3 is 1.76 bits per heavy atom. The van der Waals surface area contributed by atoms with Crippen LogP contribution >= 0.6 is 0 Å². The molecule has 0 saturated carbocycles. The molecule has 0 aliphatic carbocycles. The minimum atomic E-state index is 0.0955. The van der Waals surface area contributed by atoms with E-state index >= 15 is 0 Å². The van der Waals surface area contributed by atoms with E-state index in [1.165, 1.54) is 96.3 Å². The van der Waals surface area contributed by atoms with Crippen LogP contribution in [0.2, 0.25) is 0 Å². The summed E-state index contributed by atoms with van der Waals surface area (Å²) >= 11 is 0. The van der Waals surface area contributed by atoms with Crippen LogP contribution in [0.25, 0.3) is 10.8 Å². The van der Waals surface area contributed by atoms with Crippen molar-refractivity contribution < 1.29 is 14.1 Å². The molecule has 3 nitrogen and oxygen atoms in total. The topological polar surface area (TPSA) is 30.2 Å². The highest BCUT2D eigenvalue weighted by atomic mass is 16.5. The number of ether oxygens (including phenoxy) is 1. The van der Waals surface area contributed by atoms with E-state index in [0.717, 1.165) is 28.6 Å². The van der Waals surface area contributed by atoms with E-state index in [2.05, 4.69) is 25.1 Å². The number of benzene rings is 2. The normalized spacial score (nSPS) is 11.2. The second-order valence-corrected chi connectivity index (χ2v) is 10.8. The van der Waals surface area contributed by atoms with Crippen LogP contribution in [0.5, 0.6) is 5.88 Å². The van der Waals surface area contributed by atoms with E-state index in [1.807, 2.05) is 53.2 Å². The average molecular weight is 517 g/mol. The molecule has 2 aromatic carbocycles. The van der Waals surface area contributed by atoms with Crippen LogP contribution in [-0.4, -0.2) is 12.4 Å². The van der Waals surface area contributed by atoms with E-state index in [0.29, 0.717) is 6.61 Å². The highest BCUT2D eigenvalue weighted by Crippen LogP contribution is 2.22. The van der Waals surface area contributed by atoms with Gasteiger partial charge in [-0.2, -0.15) is 4.57 Å². The number of hydrogen-bond donors (Lipinski definition) is 0. The van der Waals surface area contributed by atoms with Crippen LogP contribution in [-0.2, 0) is 6.54 Å². The van der Waals surface area contributed by atoms with Gasteiger partial charge in [-0.25, -0.2) is 0 Å². The molecule has 0 radical (unpaired) electrons. The first kappa shape index (κ1) is 29.9. The molecule has 0 amide bonds. The van der Waals surface area contributed by atoms with Gasteiger partial charge in [0.2, 0.25) is 12.3 Å². The molecule has 0 bridgehead atoms. The standard InChI is InChI=1S/C35H50NO2/c1-2-3-4-5-6-7-8-9-10-11-12-13-14-15-16-22-29-38-35-33-26-21-20-23-31(33)27-28-36(35)30-34(37)32-24-18-17-19-25-32/h17-21,23-28H,2-16,22,29-30H2,1H3/q+1. The fourth-order valence-corrected chi connectivity index (χ4v) is 5.20. The molecule has 0 aliphatic rings. The molecular formula is C35H50NO2+. The Labute approximate surface area is 231 Å². The molecule has 1 heterocycles. The van der Waals surface area contributed by atoms with Gasteiger partial charge in [-0.15, -0.1) is 0 Å². The molecule has 0 unspecified atom stereocenters. The van der Waals surface area contributed by atoms with Crippen molar-refractivity contribution in [1.29, 1.82) is 0 Å². The minimum Gasteiger partial charge on any atom is -0.444 e. The van der Waals surface area contributed by atoms with E-state index in [1.54, 1.807) is 0 Å². The molecule has 3 heteroatoms. The van der Waals surface area contributed by atoms with Crippen molar-refractivity contribution in [3.8, 4) is 5.88 Å². The molecule has 3 aromatic rings. The van der Waals surface area contributed by atoms with E-state index in [-0.39, 0.29) is 12.3 Å². The maximum atomic E-state index is 12.9. The number of carbonyl (C=O) groups excluding carboxylic acids is 1. The van der Waals surface area contributed by atoms with Gasteiger partial charge >= 0.3 is 5.88 Å². The number of ketones is 1. The highest BCUT2D eigenvalue weighted by Gasteiger charge is 2.20. The molecule has 0 fully saturated rings. The maximum Gasteiger partial charge on any atom is 0.376 e. The van der Waals surface area contributed by atoms with Gasteiger partial charge in [0.25, 0.3) is 0 Å². The van der Waals surface area contributed by atoms with Gasteiger partial charge in [0, 0.05) is 11.6 Å². The monoisotopic (exact) mass is 516 g/mol. The lowest BCUT2D eigenvalue weighted by atomic mass is 10.0. The molecule has 0 spiro atoms. The molecule has 38 heavy (non-hydrogen) atoms. The predicted octanol–water partition coefficient (Wildman–Crippen LogP) is 9.65. The maximum absolute atomic E-state index is 12.9. The largest absolute Gasteiger partial charge is 0.444 e. The number of fused-ring (bicyclic) bond motifs is 1. The molecular weight excluding hydrogens is 466 g/mol. The summed E-state index contributed by atoms with van der Waals surface area (Å²) in [4.78, 5) is 12.9. The number of aromatic nitrogens is 1. The molecule has 206 valence electrons. The molecule has 0 aliphatic heterocycles. The Morgan fingerprint density at radius 1 is 0.632 bits per heavy atom. The van der Waals surface area contributed by atoms with Crippen LogP contribution in [0, 0.1) is 0 Å². The fraction of sp³-hybridized carbons (Fsp3) is 0.543. The summed E-state index contributed by atoms with van der Waals surface area (Å²) in [5, 5.41) is 2.20. The number of pyridine rings is 1. The average Bonchev–Trinajstić information content (AvgIpc) is 2.96. The quantitative estimate of drug-likeness (QED) is 0.0801. The van der Waals surface area contributed by atoms with Crippen LogP contribution in [0.1, 0.15) is 120 Å². The van der Waals surface area contributed by atoms with Gasteiger partial charge in [0.1, 0.15) is 0 Å². The van der Waals surface area contributed by atoms with Gasteiger partial charge in [-0.05, 0) is 17.9 Å². The summed E-state index contributed by atoms with van der Waals surface area (Å²) in [5.74, 6) is 0.895. The summed E-state index contributed by atoms with van der Waals surface area (Å²) in [5.41, 5.74) is 0.733. The summed E-state index contributed by atoms with van der Waals surface area (Å²) in [6, 6.07) is 19.8. The first-order valence-electron chi connectivity index (χ1n) is 15.4. The summed E-state index contributed by atoms with van der Waals surface area (Å²) < 4.78 is 8.28. The van der Waals surface area contributed by atoms with E-state index in [4.69, 9.17) is 4.74 Å². The van der Waals surface area contributed by atoms with Crippen molar-refractivity contribution in [2.75, 3.05) is 6.61 Å². The second-order valence-electron chi connectivity index (χ2n) is 10.8. The van der Waals surface area contributed by atoms with Gasteiger partial charge in [-0.1, -0.05) is 152 Å². The summed E-state index contributed by atoms with van der Waals surface area (Å²) in [6.45, 7) is 3.25. The van der Waals surface area contributed by atoms with Crippen molar-refractivity contribution in [1.82, 2.24) is 0 Å². The molecule has 0 N–H and O–H groups in total. The fourth-order valence-electron chi connectivity index (χ4n) is 5.20. The van der Waals surface area contributed by atoms with Gasteiger partial charge in [-0.3, -0.25) is 4.79 Å². The van der Waals surface area contributed by atoms with Crippen LogP contribution < -0.4 is 9.30 Å². The van der Waals surface area contributed by atoms with Crippen molar-refractivity contribution in [2.45, 2.75) is 116 Å². The number of nitrogens with zero attached hydrogens (tertiary/aromatic N) is 1. The third-order valence-electron chi connectivity index (χ3n) is 7.53. The summed E-state index contributed by atoms with van der Waals surface area (Å²) in [6.07, 6.45) is 23.8. The third kappa shape index (κ3) is 11.0. The van der Waals surface area contributed by atoms with Crippen molar-refractivity contribution in [2.24, 2.45) is 0 Å². The number of carbonyl (C=O) groups is 1. The van der Waals surface area contributed by atoms with E-state index < -0.39 is 0 Å². The van der Waals surface area contributed by atoms with Gasteiger partial charge < -0.3 is 4.74 Å². The van der Waals surface area contributed by atoms with Gasteiger partial charge in [0.05, 0.1) is 12.0 Å². The second kappa shape index (κ2) is 18.6. The zero-order valence-corrected chi connectivity index (χ0v) is 23.8. The third-order valence-corrected chi connectivity index (χ3v) is 7.53. The molecule has 3 rings (SSSR count). The van der Waals surface area contributed by atoms with E-state index in [9.17, 15) is 4.79 Å².